The van der Waals surface area contributed by atoms with Crippen LogP contribution in [0, 0.1) is 11.8 Å². The molecule has 1 rings (SSSR count). The van der Waals surface area contributed by atoms with Gasteiger partial charge in [0.25, 0.3) is 0 Å². The van der Waals surface area contributed by atoms with Crippen molar-refractivity contribution in [1.29, 1.82) is 0 Å². The van der Waals surface area contributed by atoms with Crippen LogP contribution < -0.4 is 5.32 Å². The van der Waals surface area contributed by atoms with Crippen LogP contribution >= 0.6 is 0 Å². The molecule has 1 aliphatic rings. The number of rotatable bonds is 10. The summed E-state index contributed by atoms with van der Waals surface area (Å²) in [6.07, 6.45) is 2.74. The Kier molecular flexibility index (Phi) is 7.20. The summed E-state index contributed by atoms with van der Waals surface area (Å²) in [4.78, 5) is 2.67. The van der Waals surface area contributed by atoms with E-state index in [2.05, 4.69) is 37.9 Å². The second-order valence-electron chi connectivity index (χ2n) is 6.33. The lowest BCUT2D eigenvalue weighted by Gasteiger charge is -2.35. The monoisotopic (exact) mass is 256 g/mol. The Labute approximate surface area is 113 Å². The third-order valence-electron chi connectivity index (χ3n) is 3.67. The average Bonchev–Trinajstić information content (AvgIpc) is 3.10. The molecule has 0 radical (unpaired) electrons. The first-order chi connectivity index (χ1) is 8.56. The van der Waals surface area contributed by atoms with Crippen LogP contribution in [0.2, 0.25) is 0 Å². The molecule has 18 heavy (non-hydrogen) atoms. The standard InChI is InChI=1S/C15H32N2O/c1-12(2)10-16-11-15(13(3)4)17(8-9-18-5)14-6-7-14/h12-16H,6-11H2,1-5H3. The van der Waals surface area contributed by atoms with Crippen LogP contribution in [-0.4, -0.2) is 50.3 Å². The smallest absolute Gasteiger partial charge is 0.0589 e. The first-order valence-corrected chi connectivity index (χ1v) is 7.51. The topological polar surface area (TPSA) is 24.5 Å². The zero-order valence-corrected chi connectivity index (χ0v) is 12.9. The van der Waals surface area contributed by atoms with E-state index >= 15 is 0 Å². The zero-order valence-electron chi connectivity index (χ0n) is 12.9. The first-order valence-electron chi connectivity index (χ1n) is 7.51. The maximum atomic E-state index is 5.26. The van der Waals surface area contributed by atoms with Gasteiger partial charge in [0.05, 0.1) is 6.61 Å². The molecule has 1 unspecified atom stereocenters. The molecule has 3 nitrogen and oxygen atoms in total. The molecule has 1 fully saturated rings. The molecular formula is C15H32N2O. The van der Waals surface area contributed by atoms with Gasteiger partial charge < -0.3 is 10.1 Å². The SMILES string of the molecule is COCCN(C1CC1)C(CNCC(C)C)C(C)C. The van der Waals surface area contributed by atoms with Gasteiger partial charge in [-0.1, -0.05) is 27.7 Å². The fourth-order valence-corrected chi connectivity index (χ4v) is 2.48. The summed E-state index contributed by atoms with van der Waals surface area (Å²) in [5, 5.41) is 3.62. The second kappa shape index (κ2) is 8.13. The van der Waals surface area contributed by atoms with Crippen molar-refractivity contribution >= 4 is 0 Å². The molecule has 3 heteroatoms. The van der Waals surface area contributed by atoms with Gasteiger partial charge in [-0.05, 0) is 31.2 Å². The molecule has 1 atom stereocenters. The Balaban J connectivity index is 2.45. The van der Waals surface area contributed by atoms with Crippen LogP contribution in [0.1, 0.15) is 40.5 Å². The first kappa shape index (κ1) is 15.9. The van der Waals surface area contributed by atoms with Crippen molar-refractivity contribution in [2.45, 2.75) is 52.6 Å². The summed E-state index contributed by atoms with van der Waals surface area (Å²) >= 11 is 0. The van der Waals surface area contributed by atoms with Gasteiger partial charge in [0.1, 0.15) is 0 Å². The normalized spacial score (nSPS) is 18.0. The Bertz CT molecular complexity index is 215. The van der Waals surface area contributed by atoms with Crippen molar-refractivity contribution in [1.82, 2.24) is 10.2 Å². The number of hydrogen-bond donors (Lipinski definition) is 1. The number of hydrogen-bond acceptors (Lipinski definition) is 3. The van der Waals surface area contributed by atoms with E-state index in [0.29, 0.717) is 12.0 Å². The molecule has 0 amide bonds. The quantitative estimate of drug-likeness (QED) is 0.649. The summed E-state index contributed by atoms with van der Waals surface area (Å²) in [5.74, 6) is 1.42. The highest BCUT2D eigenvalue weighted by Gasteiger charge is 2.34. The largest absolute Gasteiger partial charge is 0.383 e. The number of nitrogens with one attached hydrogen (secondary N) is 1. The molecule has 0 spiro atoms. The number of methoxy groups -OCH3 is 1. The molecule has 0 aromatic rings. The van der Waals surface area contributed by atoms with Crippen LogP contribution in [0.4, 0.5) is 0 Å². The Morgan fingerprint density at radius 3 is 2.28 bits per heavy atom. The van der Waals surface area contributed by atoms with Gasteiger partial charge in [0.15, 0.2) is 0 Å². The van der Waals surface area contributed by atoms with Crippen molar-refractivity contribution < 1.29 is 4.74 Å². The molecular weight excluding hydrogens is 224 g/mol. The number of nitrogens with zero attached hydrogens (tertiary/aromatic N) is 1. The van der Waals surface area contributed by atoms with E-state index < -0.39 is 0 Å². The van der Waals surface area contributed by atoms with Gasteiger partial charge in [-0.3, -0.25) is 4.90 Å². The van der Waals surface area contributed by atoms with E-state index in [0.717, 1.165) is 38.2 Å². The van der Waals surface area contributed by atoms with Crippen molar-refractivity contribution in [2.24, 2.45) is 11.8 Å². The van der Waals surface area contributed by atoms with Crippen molar-refractivity contribution in [3.8, 4) is 0 Å². The van der Waals surface area contributed by atoms with Crippen molar-refractivity contribution in [3.63, 3.8) is 0 Å². The van der Waals surface area contributed by atoms with E-state index in [1.165, 1.54) is 12.8 Å². The maximum Gasteiger partial charge on any atom is 0.0589 e. The van der Waals surface area contributed by atoms with Gasteiger partial charge in [0, 0.05) is 32.3 Å². The van der Waals surface area contributed by atoms with Gasteiger partial charge >= 0.3 is 0 Å². The molecule has 0 aromatic carbocycles. The van der Waals surface area contributed by atoms with Gasteiger partial charge in [0.2, 0.25) is 0 Å². The summed E-state index contributed by atoms with van der Waals surface area (Å²) in [5.41, 5.74) is 0. The molecule has 1 aliphatic carbocycles. The Morgan fingerprint density at radius 2 is 1.83 bits per heavy atom. The van der Waals surface area contributed by atoms with E-state index in [9.17, 15) is 0 Å². The van der Waals surface area contributed by atoms with Crippen LogP contribution in [0.15, 0.2) is 0 Å². The Morgan fingerprint density at radius 1 is 1.17 bits per heavy atom. The van der Waals surface area contributed by atoms with E-state index in [1.54, 1.807) is 7.11 Å². The fourth-order valence-electron chi connectivity index (χ4n) is 2.48. The number of ether oxygens (including phenoxy) is 1. The minimum absolute atomic E-state index is 0.645. The molecule has 0 aliphatic heterocycles. The van der Waals surface area contributed by atoms with Crippen LogP contribution in [0.25, 0.3) is 0 Å². The molecule has 1 N–H and O–H groups in total. The van der Waals surface area contributed by atoms with Crippen molar-refractivity contribution in [2.75, 3.05) is 33.4 Å². The minimum atomic E-state index is 0.645. The van der Waals surface area contributed by atoms with E-state index in [4.69, 9.17) is 4.74 Å². The predicted octanol–water partition coefficient (Wildman–Crippen LogP) is 2.37. The minimum Gasteiger partial charge on any atom is -0.383 e. The summed E-state index contributed by atoms with van der Waals surface area (Å²) in [6.45, 7) is 13.4. The average molecular weight is 256 g/mol. The summed E-state index contributed by atoms with van der Waals surface area (Å²) in [6, 6.07) is 1.46. The highest BCUT2D eigenvalue weighted by atomic mass is 16.5. The molecule has 1 saturated carbocycles. The lowest BCUT2D eigenvalue weighted by molar-refractivity contribution is 0.0925. The van der Waals surface area contributed by atoms with Crippen LogP contribution in [-0.2, 0) is 4.74 Å². The molecule has 108 valence electrons. The molecule has 0 heterocycles. The fraction of sp³-hybridized carbons (Fsp3) is 1.00. The van der Waals surface area contributed by atoms with Gasteiger partial charge in [-0.25, -0.2) is 0 Å². The third-order valence-corrected chi connectivity index (χ3v) is 3.67. The molecule has 0 aromatic heterocycles. The second-order valence-corrected chi connectivity index (χ2v) is 6.33. The van der Waals surface area contributed by atoms with E-state index in [1.807, 2.05) is 0 Å². The van der Waals surface area contributed by atoms with Crippen LogP contribution in [0.3, 0.4) is 0 Å². The third kappa shape index (κ3) is 5.68. The predicted molar refractivity (Wildman–Crippen MR) is 77.9 cm³/mol. The Hall–Kier alpha value is -0.120. The lowest BCUT2D eigenvalue weighted by atomic mass is 10.0. The van der Waals surface area contributed by atoms with Gasteiger partial charge in [-0.15, -0.1) is 0 Å². The van der Waals surface area contributed by atoms with E-state index in [-0.39, 0.29) is 0 Å². The molecule has 0 saturated heterocycles. The maximum absolute atomic E-state index is 5.26. The van der Waals surface area contributed by atoms with Gasteiger partial charge in [-0.2, -0.15) is 0 Å². The summed E-state index contributed by atoms with van der Waals surface area (Å²) in [7, 11) is 1.80. The lowest BCUT2D eigenvalue weighted by Crippen LogP contribution is -2.48. The van der Waals surface area contributed by atoms with Crippen molar-refractivity contribution in [3.05, 3.63) is 0 Å². The van der Waals surface area contributed by atoms with Crippen LogP contribution in [0.5, 0.6) is 0 Å². The highest BCUT2D eigenvalue weighted by molar-refractivity contribution is 4.90. The zero-order chi connectivity index (χ0) is 13.5. The highest BCUT2D eigenvalue weighted by Crippen LogP contribution is 2.30. The summed E-state index contributed by atoms with van der Waals surface area (Å²) < 4.78 is 5.26. The molecule has 0 bridgehead atoms.